The van der Waals surface area contributed by atoms with Crippen LogP contribution < -0.4 is 5.32 Å². The highest BCUT2D eigenvalue weighted by molar-refractivity contribution is 5.85. The average Bonchev–Trinajstić information content (AvgIpc) is 2.46. The SMILES string of the molecule is CC(=O)NCCN(C(=O)Cc1c(C)cc(C)cc1C)C(C)C(=O)O. The van der Waals surface area contributed by atoms with Crippen molar-refractivity contribution in [1.29, 1.82) is 0 Å². The lowest BCUT2D eigenvalue weighted by molar-refractivity contribution is -0.149. The van der Waals surface area contributed by atoms with Crippen molar-refractivity contribution >= 4 is 17.8 Å². The molecule has 0 aliphatic carbocycles. The molecule has 0 fully saturated rings. The first-order valence-electron chi connectivity index (χ1n) is 7.97. The Morgan fingerprint density at radius 2 is 1.71 bits per heavy atom. The molecule has 0 spiro atoms. The zero-order valence-electron chi connectivity index (χ0n) is 15.0. The number of benzene rings is 1. The third-order valence-corrected chi connectivity index (χ3v) is 4.04. The van der Waals surface area contributed by atoms with E-state index in [2.05, 4.69) is 5.32 Å². The number of carbonyl (C=O) groups is 3. The largest absolute Gasteiger partial charge is 0.480 e. The number of carboxylic acids is 1. The third-order valence-electron chi connectivity index (χ3n) is 4.04. The monoisotopic (exact) mass is 334 g/mol. The van der Waals surface area contributed by atoms with Crippen molar-refractivity contribution in [2.24, 2.45) is 0 Å². The molecule has 24 heavy (non-hydrogen) atoms. The molecular formula is C18H26N2O4. The molecule has 6 heteroatoms. The van der Waals surface area contributed by atoms with Crippen LogP contribution in [0.2, 0.25) is 0 Å². The van der Waals surface area contributed by atoms with Gasteiger partial charge in [0.05, 0.1) is 6.42 Å². The third kappa shape index (κ3) is 5.37. The average molecular weight is 334 g/mol. The number of carboxylic acid groups (broad SMARTS) is 1. The summed E-state index contributed by atoms with van der Waals surface area (Å²) >= 11 is 0. The highest BCUT2D eigenvalue weighted by atomic mass is 16.4. The van der Waals surface area contributed by atoms with Gasteiger partial charge in [-0.3, -0.25) is 9.59 Å². The predicted molar refractivity (Wildman–Crippen MR) is 91.9 cm³/mol. The highest BCUT2D eigenvalue weighted by Gasteiger charge is 2.26. The van der Waals surface area contributed by atoms with Gasteiger partial charge in [0.1, 0.15) is 6.04 Å². The zero-order valence-corrected chi connectivity index (χ0v) is 15.0. The van der Waals surface area contributed by atoms with Crippen LogP contribution in [0.3, 0.4) is 0 Å². The van der Waals surface area contributed by atoms with Crippen molar-refractivity contribution in [3.05, 3.63) is 34.4 Å². The molecule has 1 unspecified atom stereocenters. The normalized spacial score (nSPS) is 11.7. The summed E-state index contributed by atoms with van der Waals surface area (Å²) in [6.45, 7) is 9.14. The highest BCUT2D eigenvalue weighted by Crippen LogP contribution is 2.18. The number of carbonyl (C=O) groups excluding carboxylic acids is 2. The minimum absolute atomic E-state index is 0.148. The lowest BCUT2D eigenvalue weighted by Gasteiger charge is -2.27. The first kappa shape index (κ1) is 19.7. The summed E-state index contributed by atoms with van der Waals surface area (Å²) in [6, 6.07) is 3.08. The second kappa shape index (κ2) is 8.47. The molecule has 132 valence electrons. The minimum Gasteiger partial charge on any atom is -0.480 e. The van der Waals surface area contributed by atoms with Crippen LogP contribution in [0.5, 0.6) is 0 Å². The molecule has 0 radical (unpaired) electrons. The van der Waals surface area contributed by atoms with E-state index in [9.17, 15) is 19.5 Å². The Morgan fingerprint density at radius 1 is 1.17 bits per heavy atom. The molecule has 1 aromatic carbocycles. The van der Waals surface area contributed by atoms with Gasteiger partial charge in [0.2, 0.25) is 11.8 Å². The van der Waals surface area contributed by atoms with Gasteiger partial charge in [0.15, 0.2) is 0 Å². The summed E-state index contributed by atoms with van der Waals surface area (Å²) in [5, 5.41) is 11.8. The Morgan fingerprint density at radius 3 is 2.17 bits per heavy atom. The second-order valence-corrected chi connectivity index (χ2v) is 6.14. The molecule has 0 heterocycles. The quantitative estimate of drug-likeness (QED) is 0.793. The fourth-order valence-electron chi connectivity index (χ4n) is 2.76. The van der Waals surface area contributed by atoms with Gasteiger partial charge in [-0.2, -0.15) is 0 Å². The topological polar surface area (TPSA) is 86.7 Å². The predicted octanol–water partition coefficient (Wildman–Crippen LogP) is 1.59. The van der Waals surface area contributed by atoms with Gasteiger partial charge >= 0.3 is 5.97 Å². The van der Waals surface area contributed by atoms with E-state index in [1.807, 2.05) is 32.9 Å². The lowest BCUT2D eigenvalue weighted by atomic mass is 9.96. The Kier molecular flexibility index (Phi) is 6.95. The van der Waals surface area contributed by atoms with Crippen LogP contribution in [0.25, 0.3) is 0 Å². The van der Waals surface area contributed by atoms with Crippen LogP contribution in [-0.4, -0.2) is 46.9 Å². The van der Waals surface area contributed by atoms with Crippen LogP contribution in [0.4, 0.5) is 0 Å². The van der Waals surface area contributed by atoms with Crippen LogP contribution in [0.15, 0.2) is 12.1 Å². The van der Waals surface area contributed by atoms with Crippen molar-refractivity contribution in [3.8, 4) is 0 Å². The Bertz CT molecular complexity index is 617. The summed E-state index contributed by atoms with van der Waals surface area (Å²) in [6.07, 6.45) is 0.148. The first-order valence-corrected chi connectivity index (χ1v) is 7.97. The zero-order chi connectivity index (χ0) is 18.4. The molecule has 0 aromatic heterocycles. The van der Waals surface area contributed by atoms with Gasteiger partial charge in [-0.15, -0.1) is 0 Å². The van der Waals surface area contributed by atoms with Crippen LogP contribution >= 0.6 is 0 Å². The van der Waals surface area contributed by atoms with E-state index in [1.165, 1.54) is 18.7 Å². The molecule has 1 rings (SSSR count). The molecule has 0 aliphatic heterocycles. The lowest BCUT2D eigenvalue weighted by Crippen LogP contribution is -2.47. The maximum Gasteiger partial charge on any atom is 0.326 e. The van der Waals surface area contributed by atoms with E-state index in [4.69, 9.17) is 0 Å². The van der Waals surface area contributed by atoms with Gasteiger partial charge in [-0.05, 0) is 44.4 Å². The Labute approximate surface area is 142 Å². The van der Waals surface area contributed by atoms with Gasteiger partial charge in [0.25, 0.3) is 0 Å². The van der Waals surface area contributed by atoms with Crippen LogP contribution in [0.1, 0.15) is 36.1 Å². The number of rotatable bonds is 7. The number of hydrogen-bond donors (Lipinski definition) is 2. The fourth-order valence-corrected chi connectivity index (χ4v) is 2.76. The molecule has 2 amide bonds. The van der Waals surface area contributed by atoms with Crippen molar-refractivity contribution in [1.82, 2.24) is 10.2 Å². The number of nitrogens with zero attached hydrogens (tertiary/aromatic N) is 1. The molecule has 0 bridgehead atoms. The molecule has 0 saturated carbocycles. The molecule has 0 aliphatic rings. The molecule has 1 atom stereocenters. The van der Waals surface area contributed by atoms with E-state index in [-0.39, 0.29) is 31.3 Å². The van der Waals surface area contributed by atoms with Gasteiger partial charge < -0.3 is 15.3 Å². The summed E-state index contributed by atoms with van der Waals surface area (Å²) in [5.41, 5.74) is 4.09. The van der Waals surface area contributed by atoms with E-state index in [0.717, 1.165) is 22.3 Å². The van der Waals surface area contributed by atoms with E-state index in [0.29, 0.717) is 0 Å². The van der Waals surface area contributed by atoms with Gasteiger partial charge in [0, 0.05) is 20.0 Å². The maximum atomic E-state index is 12.7. The molecular weight excluding hydrogens is 308 g/mol. The van der Waals surface area contributed by atoms with Crippen molar-refractivity contribution in [2.45, 2.75) is 47.1 Å². The number of nitrogens with one attached hydrogen (secondary N) is 1. The van der Waals surface area contributed by atoms with Crippen LogP contribution in [0, 0.1) is 20.8 Å². The van der Waals surface area contributed by atoms with Crippen LogP contribution in [-0.2, 0) is 20.8 Å². The summed E-state index contributed by atoms with van der Waals surface area (Å²) in [5.74, 6) is -1.54. The van der Waals surface area contributed by atoms with Crippen molar-refractivity contribution in [3.63, 3.8) is 0 Å². The van der Waals surface area contributed by atoms with Gasteiger partial charge in [-0.25, -0.2) is 4.79 Å². The standard InChI is InChI=1S/C18H26N2O4/c1-11-8-12(2)16(13(3)9-11)10-17(22)20(14(4)18(23)24)7-6-19-15(5)21/h8-9,14H,6-7,10H2,1-5H3,(H,19,21)(H,23,24). The number of amides is 2. The summed E-state index contributed by atoms with van der Waals surface area (Å²) in [4.78, 5) is 36.2. The van der Waals surface area contributed by atoms with Gasteiger partial charge in [-0.1, -0.05) is 17.7 Å². The summed E-state index contributed by atoms with van der Waals surface area (Å²) in [7, 11) is 0. The number of hydrogen-bond acceptors (Lipinski definition) is 3. The minimum atomic E-state index is -1.07. The Balaban J connectivity index is 2.95. The first-order chi connectivity index (χ1) is 11.1. The molecule has 2 N–H and O–H groups in total. The fraction of sp³-hybridized carbons (Fsp3) is 0.500. The second-order valence-electron chi connectivity index (χ2n) is 6.14. The van der Waals surface area contributed by atoms with E-state index >= 15 is 0 Å². The van der Waals surface area contributed by atoms with Crippen molar-refractivity contribution in [2.75, 3.05) is 13.1 Å². The summed E-state index contributed by atoms with van der Waals surface area (Å²) < 4.78 is 0. The number of aryl methyl sites for hydroxylation is 3. The van der Waals surface area contributed by atoms with E-state index < -0.39 is 12.0 Å². The Hall–Kier alpha value is -2.37. The molecule has 0 saturated heterocycles. The maximum absolute atomic E-state index is 12.7. The number of aliphatic carboxylic acids is 1. The molecule has 1 aromatic rings. The smallest absolute Gasteiger partial charge is 0.326 e. The van der Waals surface area contributed by atoms with E-state index in [1.54, 1.807) is 0 Å². The molecule has 6 nitrogen and oxygen atoms in total. The van der Waals surface area contributed by atoms with Crippen molar-refractivity contribution < 1.29 is 19.5 Å².